The van der Waals surface area contributed by atoms with Crippen molar-refractivity contribution < 1.29 is 14.3 Å². The number of nitrogens with zero attached hydrogens (tertiary/aromatic N) is 4. The number of carbonyl (C=O) groups is 1. The minimum atomic E-state index is -0.100. The van der Waals surface area contributed by atoms with Crippen molar-refractivity contribution in [3.05, 3.63) is 59.8 Å². The van der Waals surface area contributed by atoms with Crippen LogP contribution >= 0.6 is 0 Å². The molecule has 186 valence electrons. The molecule has 0 unspecified atom stereocenters. The molecule has 0 bridgehead atoms. The number of pyridine rings is 1. The standard InChI is InChI=1S/C26H34N6O3/c1-4-34-22-13-19(14-23(35-5-2)24(22)32-11-8-28-17-32)16-31-9-6-21(7-10-31)30-26(33)20-12-18(3)25(27)29-15-20/h8,11-15,17,21H,4-7,9-10,16H2,1-3H3,(H2,27,29)(H,30,33). The molecule has 0 radical (unpaired) electrons. The van der Waals surface area contributed by atoms with Crippen LogP contribution in [-0.2, 0) is 6.54 Å². The van der Waals surface area contributed by atoms with E-state index in [1.807, 2.05) is 31.5 Å². The van der Waals surface area contributed by atoms with E-state index in [2.05, 4.69) is 32.3 Å². The van der Waals surface area contributed by atoms with Crippen LogP contribution in [-0.4, -0.2) is 57.7 Å². The second kappa shape index (κ2) is 11.2. The van der Waals surface area contributed by atoms with Gasteiger partial charge in [0, 0.05) is 44.3 Å². The topological polar surface area (TPSA) is 108 Å². The molecule has 0 aliphatic carbocycles. The van der Waals surface area contributed by atoms with Gasteiger partial charge < -0.3 is 20.5 Å². The smallest absolute Gasteiger partial charge is 0.253 e. The lowest BCUT2D eigenvalue weighted by Gasteiger charge is -2.32. The number of nitrogen functional groups attached to an aromatic ring is 1. The molecule has 9 heteroatoms. The fourth-order valence-electron chi connectivity index (χ4n) is 4.38. The van der Waals surface area contributed by atoms with Crippen molar-refractivity contribution in [2.75, 3.05) is 32.0 Å². The van der Waals surface area contributed by atoms with Gasteiger partial charge in [0.05, 0.1) is 25.1 Å². The summed E-state index contributed by atoms with van der Waals surface area (Å²) in [6.45, 7) is 9.49. The molecule has 3 aromatic rings. The highest BCUT2D eigenvalue weighted by molar-refractivity contribution is 5.94. The number of benzene rings is 1. The maximum Gasteiger partial charge on any atom is 0.253 e. The van der Waals surface area contributed by atoms with Crippen LogP contribution in [0.1, 0.15) is 48.2 Å². The number of aromatic nitrogens is 3. The molecule has 35 heavy (non-hydrogen) atoms. The van der Waals surface area contributed by atoms with Gasteiger partial charge in [-0.3, -0.25) is 14.3 Å². The molecular weight excluding hydrogens is 444 g/mol. The third-order valence-electron chi connectivity index (χ3n) is 6.17. The molecule has 1 aromatic carbocycles. The summed E-state index contributed by atoms with van der Waals surface area (Å²) in [5.41, 5.74) is 9.12. The SMILES string of the molecule is CCOc1cc(CN2CCC(NC(=O)c3cnc(N)c(C)c3)CC2)cc(OCC)c1-n1ccnc1. The van der Waals surface area contributed by atoms with Gasteiger partial charge in [0.2, 0.25) is 0 Å². The van der Waals surface area contributed by atoms with Crippen molar-refractivity contribution in [1.29, 1.82) is 0 Å². The van der Waals surface area contributed by atoms with E-state index in [-0.39, 0.29) is 11.9 Å². The first-order valence-electron chi connectivity index (χ1n) is 12.1. The summed E-state index contributed by atoms with van der Waals surface area (Å²) in [4.78, 5) is 23.3. The Balaban J connectivity index is 1.41. The maximum absolute atomic E-state index is 12.6. The number of imidazole rings is 1. The average Bonchev–Trinajstić information content (AvgIpc) is 3.37. The highest BCUT2D eigenvalue weighted by atomic mass is 16.5. The minimum absolute atomic E-state index is 0.100. The molecule has 3 N–H and O–H groups in total. The number of piperidine rings is 1. The monoisotopic (exact) mass is 478 g/mol. The van der Waals surface area contributed by atoms with Crippen LogP contribution in [0.5, 0.6) is 11.5 Å². The number of likely N-dealkylation sites (tertiary alicyclic amines) is 1. The summed E-state index contributed by atoms with van der Waals surface area (Å²) in [6, 6.07) is 6.10. The quantitative estimate of drug-likeness (QED) is 0.486. The van der Waals surface area contributed by atoms with E-state index in [1.165, 1.54) is 6.20 Å². The number of nitrogens with two attached hydrogens (primary N) is 1. The molecule has 1 aliphatic rings. The van der Waals surface area contributed by atoms with Crippen molar-refractivity contribution in [1.82, 2.24) is 24.8 Å². The normalized spacial score (nSPS) is 14.6. The Morgan fingerprint density at radius 1 is 1.14 bits per heavy atom. The molecule has 1 fully saturated rings. The van der Waals surface area contributed by atoms with Crippen molar-refractivity contribution in [3.63, 3.8) is 0 Å². The van der Waals surface area contributed by atoms with Crippen LogP contribution in [0.25, 0.3) is 5.69 Å². The van der Waals surface area contributed by atoms with E-state index >= 15 is 0 Å². The van der Waals surface area contributed by atoms with Gasteiger partial charge in [-0.15, -0.1) is 0 Å². The van der Waals surface area contributed by atoms with Gasteiger partial charge in [0.25, 0.3) is 5.91 Å². The van der Waals surface area contributed by atoms with E-state index in [0.717, 1.165) is 60.8 Å². The molecule has 1 saturated heterocycles. The van der Waals surface area contributed by atoms with Gasteiger partial charge in [0.15, 0.2) is 0 Å². The summed E-state index contributed by atoms with van der Waals surface area (Å²) in [5.74, 6) is 1.91. The number of carbonyl (C=O) groups excluding carboxylic acids is 1. The van der Waals surface area contributed by atoms with Crippen LogP contribution < -0.4 is 20.5 Å². The number of hydrogen-bond donors (Lipinski definition) is 2. The van der Waals surface area contributed by atoms with Gasteiger partial charge in [0.1, 0.15) is 23.0 Å². The zero-order valence-electron chi connectivity index (χ0n) is 20.7. The second-order valence-electron chi connectivity index (χ2n) is 8.73. The van der Waals surface area contributed by atoms with Crippen molar-refractivity contribution in [2.24, 2.45) is 0 Å². The first-order valence-corrected chi connectivity index (χ1v) is 12.1. The molecule has 3 heterocycles. The summed E-state index contributed by atoms with van der Waals surface area (Å²) >= 11 is 0. The summed E-state index contributed by atoms with van der Waals surface area (Å²) in [7, 11) is 0. The Morgan fingerprint density at radius 2 is 1.83 bits per heavy atom. The lowest BCUT2D eigenvalue weighted by atomic mass is 10.0. The van der Waals surface area contributed by atoms with Crippen LogP contribution in [0.15, 0.2) is 43.1 Å². The van der Waals surface area contributed by atoms with E-state index < -0.39 is 0 Å². The first kappa shape index (κ1) is 24.5. The summed E-state index contributed by atoms with van der Waals surface area (Å²) < 4.78 is 13.9. The van der Waals surface area contributed by atoms with E-state index in [4.69, 9.17) is 15.2 Å². The Bertz CT molecular complexity index is 1110. The largest absolute Gasteiger partial charge is 0.492 e. The van der Waals surface area contributed by atoms with E-state index in [0.29, 0.717) is 24.6 Å². The van der Waals surface area contributed by atoms with E-state index in [9.17, 15) is 4.79 Å². The minimum Gasteiger partial charge on any atom is -0.492 e. The van der Waals surface area contributed by atoms with Gasteiger partial charge >= 0.3 is 0 Å². The average molecular weight is 479 g/mol. The Labute approximate surface area is 206 Å². The molecule has 0 spiro atoms. The van der Waals surface area contributed by atoms with Gasteiger partial charge in [-0.2, -0.15) is 0 Å². The molecule has 1 aliphatic heterocycles. The lowest BCUT2D eigenvalue weighted by Crippen LogP contribution is -2.44. The van der Waals surface area contributed by atoms with Gasteiger partial charge in [-0.1, -0.05) is 0 Å². The molecule has 2 aromatic heterocycles. The molecule has 4 rings (SSSR count). The summed E-state index contributed by atoms with van der Waals surface area (Å²) in [6.07, 6.45) is 8.69. The third kappa shape index (κ3) is 5.92. The number of anilines is 1. The highest BCUT2D eigenvalue weighted by Gasteiger charge is 2.23. The number of hydrogen-bond acceptors (Lipinski definition) is 7. The van der Waals surface area contributed by atoms with Crippen LogP contribution in [0.3, 0.4) is 0 Å². The first-order chi connectivity index (χ1) is 17.0. The second-order valence-corrected chi connectivity index (χ2v) is 8.73. The van der Waals surface area contributed by atoms with Crippen LogP contribution in [0.2, 0.25) is 0 Å². The highest BCUT2D eigenvalue weighted by Crippen LogP contribution is 2.35. The molecule has 0 atom stereocenters. The van der Waals surface area contributed by atoms with Crippen molar-refractivity contribution >= 4 is 11.7 Å². The number of rotatable bonds is 9. The molecular formula is C26H34N6O3. The van der Waals surface area contributed by atoms with Gasteiger partial charge in [-0.25, -0.2) is 9.97 Å². The number of nitrogens with one attached hydrogen (secondary N) is 1. The van der Waals surface area contributed by atoms with Crippen LogP contribution in [0.4, 0.5) is 5.82 Å². The molecule has 9 nitrogen and oxygen atoms in total. The Hall–Kier alpha value is -3.59. The number of amides is 1. The van der Waals surface area contributed by atoms with Gasteiger partial charge in [-0.05, 0) is 62.9 Å². The zero-order chi connectivity index (χ0) is 24.8. The predicted molar refractivity (Wildman–Crippen MR) is 135 cm³/mol. The number of aryl methyl sites for hydroxylation is 1. The lowest BCUT2D eigenvalue weighted by molar-refractivity contribution is 0.0908. The summed E-state index contributed by atoms with van der Waals surface area (Å²) in [5, 5.41) is 3.15. The number of ether oxygens (including phenoxy) is 2. The Kier molecular flexibility index (Phi) is 7.87. The van der Waals surface area contributed by atoms with Crippen LogP contribution in [0, 0.1) is 6.92 Å². The predicted octanol–water partition coefficient (Wildman–Crippen LogP) is 3.35. The maximum atomic E-state index is 12.6. The van der Waals surface area contributed by atoms with E-state index in [1.54, 1.807) is 18.6 Å². The van der Waals surface area contributed by atoms with Crippen molar-refractivity contribution in [2.45, 2.75) is 46.2 Å². The zero-order valence-corrected chi connectivity index (χ0v) is 20.7. The fourth-order valence-corrected chi connectivity index (χ4v) is 4.38. The molecule has 0 saturated carbocycles. The molecule has 1 amide bonds. The Morgan fingerprint density at radius 3 is 2.40 bits per heavy atom. The fraction of sp³-hybridized carbons (Fsp3) is 0.423. The van der Waals surface area contributed by atoms with Crippen molar-refractivity contribution in [3.8, 4) is 17.2 Å². The third-order valence-corrected chi connectivity index (χ3v) is 6.17.